The molecule has 2 nitrogen and oxygen atoms in total. The van der Waals surface area contributed by atoms with Crippen molar-refractivity contribution in [1.29, 1.82) is 0 Å². The van der Waals surface area contributed by atoms with E-state index in [1.165, 1.54) is 6.07 Å². The molecule has 18 heavy (non-hydrogen) atoms. The van der Waals surface area contributed by atoms with Crippen molar-refractivity contribution in [2.24, 2.45) is 0 Å². The van der Waals surface area contributed by atoms with Crippen molar-refractivity contribution in [1.82, 2.24) is 9.55 Å². The summed E-state index contributed by atoms with van der Waals surface area (Å²) in [6.45, 7) is -1.07. The molecule has 0 N–H and O–H groups in total. The van der Waals surface area contributed by atoms with Gasteiger partial charge in [0.05, 0.1) is 11.0 Å². The number of nitrogens with zero attached hydrogens (tertiary/aromatic N) is 2. The first-order valence-electron chi connectivity index (χ1n) is 5.18. The van der Waals surface area contributed by atoms with Crippen molar-refractivity contribution in [2.45, 2.75) is 19.1 Å². The Morgan fingerprint density at radius 2 is 2.00 bits per heavy atom. The van der Waals surface area contributed by atoms with Crippen LogP contribution >= 0.6 is 23.2 Å². The number of aryl methyl sites for hydroxylation is 1. The number of hydrogen-bond donors (Lipinski definition) is 0. The maximum atomic E-state index is 12.5. The molecule has 0 saturated carbocycles. The Balaban J connectivity index is 2.55. The van der Waals surface area contributed by atoms with Crippen LogP contribution in [0.5, 0.6) is 0 Å². The normalized spacial score (nSPS) is 12.3. The van der Waals surface area contributed by atoms with Gasteiger partial charge in [-0.2, -0.15) is 13.2 Å². The average Bonchev–Trinajstić information content (AvgIpc) is 2.54. The zero-order chi connectivity index (χ0) is 13.3. The summed E-state index contributed by atoms with van der Waals surface area (Å²) in [7, 11) is 0. The molecule has 0 aliphatic rings. The van der Waals surface area contributed by atoms with Crippen LogP contribution in [0.2, 0.25) is 5.02 Å². The van der Waals surface area contributed by atoms with Crippen molar-refractivity contribution >= 4 is 34.2 Å². The quantitative estimate of drug-likeness (QED) is 0.782. The van der Waals surface area contributed by atoms with E-state index < -0.39 is 12.7 Å². The lowest BCUT2D eigenvalue weighted by Crippen LogP contribution is -2.19. The highest BCUT2D eigenvalue weighted by Crippen LogP contribution is 2.25. The van der Waals surface area contributed by atoms with Crippen LogP contribution in [0.15, 0.2) is 18.2 Å². The van der Waals surface area contributed by atoms with Crippen LogP contribution in [0.3, 0.4) is 0 Å². The first kappa shape index (κ1) is 13.5. The molecule has 1 aromatic heterocycles. The van der Waals surface area contributed by atoms with Gasteiger partial charge in [-0.05, 0) is 18.2 Å². The smallest absolute Gasteiger partial charge is 0.319 e. The summed E-state index contributed by atoms with van der Waals surface area (Å²) in [5.74, 6) is 0.536. The summed E-state index contributed by atoms with van der Waals surface area (Å²) in [5, 5.41) is 0.441. The predicted molar refractivity (Wildman–Crippen MR) is 65.2 cm³/mol. The maximum Gasteiger partial charge on any atom is 0.406 e. The van der Waals surface area contributed by atoms with Crippen LogP contribution < -0.4 is 0 Å². The SMILES string of the molecule is FC(F)(F)Cn1c(CCCl)nc2cc(Cl)ccc21. The molecule has 0 radical (unpaired) electrons. The molecule has 0 aliphatic carbocycles. The Bertz CT molecular complexity index is 563. The zero-order valence-corrected chi connectivity index (χ0v) is 10.6. The molecule has 0 fully saturated rings. The second-order valence-corrected chi connectivity index (χ2v) is 4.62. The molecule has 2 aromatic rings. The molecule has 0 bridgehead atoms. The summed E-state index contributed by atoms with van der Waals surface area (Å²) >= 11 is 11.4. The van der Waals surface area contributed by atoms with Crippen molar-refractivity contribution < 1.29 is 13.2 Å². The van der Waals surface area contributed by atoms with Crippen LogP contribution in [-0.2, 0) is 13.0 Å². The van der Waals surface area contributed by atoms with E-state index in [0.29, 0.717) is 21.9 Å². The fraction of sp³-hybridized carbons (Fsp3) is 0.364. The monoisotopic (exact) mass is 296 g/mol. The Morgan fingerprint density at radius 1 is 1.28 bits per heavy atom. The van der Waals surface area contributed by atoms with E-state index in [-0.39, 0.29) is 12.3 Å². The highest BCUT2D eigenvalue weighted by atomic mass is 35.5. The second kappa shape index (κ2) is 4.97. The van der Waals surface area contributed by atoms with E-state index in [2.05, 4.69) is 4.98 Å². The van der Waals surface area contributed by atoms with Crippen molar-refractivity contribution in [3.05, 3.63) is 29.0 Å². The molecule has 0 aliphatic heterocycles. The Kier molecular flexibility index (Phi) is 3.73. The number of imidazole rings is 1. The van der Waals surface area contributed by atoms with Gasteiger partial charge in [-0.15, -0.1) is 11.6 Å². The molecule has 0 spiro atoms. The third-order valence-corrected chi connectivity index (χ3v) is 2.87. The van der Waals surface area contributed by atoms with E-state index >= 15 is 0 Å². The molecule has 0 saturated heterocycles. The molecule has 1 aromatic carbocycles. The van der Waals surface area contributed by atoms with Crippen LogP contribution in [-0.4, -0.2) is 21.6 Å². The maximum absolute atomic E-state index is 12.5. The molecule has 0 atom stereocenters. The molecule has 2 rings (SSSR count). The van der Waals surface area contributed by atoms with Gasteiger partial charge in [-0.25, -0.2) is 4.98 Å². The van der Waals surface area contributed by atoms with Crippen LogP contribution in [0.25, 0.3) is 11.0 Å². The van der Waals surface area contributed by atoms with Crippen molar-refractivity contribution in [3.8, 4) is 0 Å². The summed E-state index contributed by atoms with van der Waals surface area (Å²) < 4.78 is 38.7. The van der Waals surface area contributed by atoms with Gasteiger partial charge in [-0.1, -0.05) is 11.6 Å². The van der Waals surface area contributed by atoms with Crippen molar-refractivity contribution in [3.63, 3.8) is 0 Å². The fourth-order valence-corrected chi connectivity index (χ4v) is 2.12. The summed E-state index contributed by atoms with van der Waals surface area (Å²) in [5.41, 5.74) is 0.865. The molecule has 98 valence electrons. The van der Waals surface area contributed by atoms with Crippen molar-refractivity contribution in [2.75, 3.05) is 5.88 Å². The second-order valence-electron chi connectivity index (χ2n) is 3.80. The van der Waals surface area contributed by atoms with E-state index in [1.54, 1.807) is 12.1 Å². The Morgan fingerprint density at radius 3 is 2.61 bits per heavy atom. The first-order chi connectivity index (χ1) is 8.40. The van der Waals surface area contributed by atoms with E-state index in [9.17, 15) is 13.2 Å². The van der Waals surface area contributed by atoms with Gasteiger partial charge < -0.3 is 4.57 Å². The first-order valence-corrected chi connectivity index (χ1v) is 6.09. The molecule has 0 amide bonds. The minimum absolute atomic E-state index is 0.217. The van der Waals surface area contributed by atoms with Crippen LogP contribution in [0, 0.1) is 0 Å². The minimum atomic E-state index is -4.30. The predicted octanol–water partition coefficient (Wildman–Crippen LogP) is 4.03. The molecular weight excluding hydrogens is 288 g/mol. The third kappa shape index (κ3) is 2.90. The largest absolute Gasteiger partial charge is 0.406 e. The number of rotatable bonds is 3. The van der Waals surface area contributed by atoms with Gasteiger partial charge in [0.25, 0.3) is 0 Å². The van der Waals surface area contributed by atoms with Gasteiger partial charge in [0, 0.05) is 17.3 Å². The van der Waals surface area contributed by atoms with Gasteiger partial charge >= 0.3 is 6.18 Å². The number of benzene rings is 1. The Labute approximate surface area is 111 Å². The van der Waals surface area contributed by atoms with E-state index in [4.69, 9.17) is 23.2 Å². The van der Waals surface area contributed by atoms with Gasteiger partial charge in [0.1, 0.15) is 12.4 Å². The lowest BCUT2D eigenvalue weighted by molar-refractivity contribution is -0.140. The lowest BCUT2D eigenvalue weighted by atomic mass is 10.3. The number of fused-ring (bicyclic) bond motifs is 1. The molecule has 7 heteroatoms. The highest BCUT2D eigenvalue weighted by molar-refractivity contribution is 6.31. The number of halogens is 5. The highest BCUT2D eigenvalue weighted by Gasteiger charge is 2.30. The third-order valence-electron chi connectivity index (χ3n) is 2.44. The van der Waals surface area contributed by atoms with Gasteiger partial charge in [0.15, 0.2) is 0 Å². The zero-order valence-electron chi connectivity index (χ0n) is 9.14. The summed E-state index contributed by atoms with van der Waals surface area (Å²) in [6, 6.07) is 4.62. The van der Waals surface area contributed by atoms with Crippen LogP contribution in [0.4, 0.5) is 13.2 Å². The Hall–Kier alpha value is -0.940. The average molecular weight is 297 g/mol. The van der Waals surface area contributed by atoms with Gasteiger partial charge in [-0.3, -0.25) is 0 Å². The minimum Gasteiger partial charge on any atom is -0.319 e. The number of alkyl halides is 4. The van der Waals surface area contributed by atoms with E-state index in [1.807, 2.05) is 0 Å². The number of hydrogen-bond acceptors (Lipinski definition) is 1. The topological polar surface area (TPSA) is 17.8 Å². The molecule has 0 unspecified atom stereocenters. The number of aromatic nitrogens is 2. The van der Waals surface area contributed by atoms with Crippen LogP contribution in [0.1, 0.15) is 5.82 Å². The molecule has 1 heterocycles. The van der Waals surface area contributed by atoms with E-state index in [0.717, 1.165) is 4.57 Å². The van der Waals surface area contributed by atoms with Gasteiger partial charge in [0.2, 0.25) is 0 Å². The molecular formula is C11H9Cl2F3N2. The standard InChI is InChI=1S/C11H9Cl2F3N2/c12-4-3-10-17-8-5-7(13)1-2-9(8)18(10)6-11(14,15)16/h1-2,5H,3-4,6H2. The fourth-order valence-electron chi connectivity index (χ4n) is 1.78. The lowest BCUT2D eigenvalue weighted by Gasteiger charge is -2.11. The summed E-state index contributed by atoms with van der Waals surface area (Å²) in [4.78, 5) is 4.14. The summed E-state index contributed by atoms with van der Waals surface area (Å²) in [6.07, 6.45) is -4.02.